The Balaban J connectivity index is 2.09. The zero-order chi connectivity index (χ0) is 15.1. The number of nitrogens with one attached hydrogen (secondary N) is 2. The number of aryl methyl sites for hydroxylation is 1. The molecule has 5 heteroatoms. The Hall–Kier alpha value is -2.43. The highest BCUT2D eigenvalue weighted by Gasteiger charge is 2.09. The third-order valence-electron chi connectivity index (χ3n) is 3.04. The van der Waals surface area contributed by atoms with Gasteiger partial charge in [-0.3, -0.25) is 9.78 Å². The molecule has 5 nitrogen and oxygen atoms in total. The van der Waals surface area contributed by atoms with Crippen LogP contribution in [0.5, 0.6) is 0 Å². The zero-order valence-corrected chi connectivity index (χ0v) is 12.4. The summed E-state index contributed by atoms with van der Waals surface area (Å²) in [5.41, 5.74) is 2.50. The molecule has 110 valence electrons. The van der Waals surface area contributed by atoms with Crippen LogP contribution in [0.15, 0.2) is 36.7 Å². The maximum atomic E-state index is 12.3. The van der Waals surface area contributed by atoms with Crippen molar-refractivity contribution in [3.63, 3.8) is 0 Å². The molecule has 21 heavy (non-hydrogen) atoms. The van der Waals surface area contributed by atoms with Crippen molar-refractivity contribution in [1.82, 2.24) is 15.3 Å². The molecular formula is C16H20N4O. The molecule has 0 aliphatic rings. The summed E-state index contributed by atoms with van der Waals surface area (Å²) in [6.45, 7) is 5.27. The normalized spacial score (nSPS) is 10.2. The van der Waals surface area contributed by atoms with Gasteiger partial charge in [0.05, 0.1) is 0 Å². The number of rotatable bonds is 6. The van der Waals surface area contributed by atoms with Gasteiger partial charge in [-0.05, 0) is 37.1 Å². The van der Waals surface area contributed by atoms with Crippen LogP contribution in [0.4, 0.5) is 5.82 Å². The molecule has 2 aromatic rings. The fourth-order valence-corrected chi connectivity index (χ4v) is 1.96. The fraction of sp³-hybridized carbons (Fsp3) is 0.312. The van der Waals surface area contributed by atoms with E-state index in [1.807, 2.05) is 32.0 Å². The van der Waals surface area contributed by atoms with Crippen molar-refractivity contribution in [2.24, 2.45) is 0 Å². The first-order chi connectivity index (χ1) is 10.2. The predicted molar refractivity (Wildman–Crippen MR) is 83.2 cm³/mol. The van der Waals surface area contributed by atoms with Crippen LogP contribution in [0.3, 0.4) is 0 Å². The molecule has 2 heterocycles. The molecule has 0 aliphatic carbocycles. The molecule has 0 spiro atoms. The van der Waals surface area contributed by atoms with Gasteiger partial charge in [-0.1, -0.05) is 13.0 Å². The minimum absolute atomic E-state index is 0.102. The summed E-state index contributed by atoms with van der Waals surface area (Å²) in [7, 11) is 0. The van der Waals surface area contributed by atoms with Crippen LogP contribution in [0.25, 0.3) is 0 Å². The summed E-state index contributed by atoms with van der Waals surface area (Å²) in [5, 5.41) is 6.05. The average molecular weight is 284 g/mol. The first-order valence-electron chi connectivity index (χ1n) is 7.14. The summed E-state index contributed by atoms with van der Waals surface area (Å²) >= 11 is 0. The number of carbonyl (C=O) groups excluding carboxylic acids is 1. The van der Waals surface area contributed by atoms with Crippen molar-refractivity contribution in [3.8, 4) is 0 Å². The Morgan fingerprint density at radius 1 is 1.29 bits per heavy atom. The molecule has 0 radical (unpaired) electrons. The van der Waals surface area contributed by atoms with Gasteiger partial charge in [0.2, 0.25) is 0 Å². The van der Waals surface area contributed by atoms with Crippen LogP contribution in [-0.2, 0) is 13.0 Å². The van der Waals surface area contributed by atoms with Gasteiger partial charge in [0, 0.05) is 36.7 Å². The molecule has 0 aromatic carbocycles. The lowest BCUT2D eigenvalue weighted by molar-refractivity contribution is 0.0950. The summed E-state index contributed by atoms with van der Waals surface area (Å²) in [6.07, 6.45) is 4.25. The lowest BCUT2D eigenvalue weighted by atomic mass is 10.1. The Morgan fingerprint density at radius 3 is 2.81 bits per heavy atom. The summed E-state index contributed by atoms with van der Waals surface area (Å²) in [4.78, 5) is 20.7. The lowest BCUT2D eigenvalue weighted by Crippen LogP contribution is -2.23. The topological polar surface area (TPSA) is 66.9 Å². The van der Waals surface area contributed by atoms with Gasteiger partial charge < -0.3 is 10.6 Å². The molecule has 0 saturated heterocycles. The first-order valence-corrected chi connectivity index (χ1v) is 7.14. The number of nitrogens with zero attached hydrogens (tertiary/aromatic N) is 2. The van der Waals surface area contributed by atoms with E-state index >= 15 is 0 Å². The summed E-state index contributed by atoms with van der Waals surface area (Å²) in [6, 6.07) is 7.40. The standard InChI is InChI=1S/C16H20N4O/c1-3-14-8-13(9-15(20-14)18-4-2)16(21)19-11-12-6-5-7-17-10-12/h5-10H,3-4,11H2,1-2H3,(H,18,20)(H,19,21). The second-order valence-corrected chi connectivity index (χ2v) is 4.66. The van der Waals surface area contributed by atoms with E-state index in [0.717, 1.165) is 30.0 Å². The maximum absolute atomic E-state index is 12.3. The highest BCUT2D eigenvalue weighted by molar-refractivity contribution is 5.94. The number of hydrogen-bond donors (Lipinski definition) is 2. The Kier molecular flexibility index (Phi) is 5.26. The van der Waals surface area contributed by atoms with E-state index in [1.165, 1.54) is 0 Å². The Bertz CT molecular complexity index is 598. The van der Waals surface area contributed by atoms with Crippen molar-refractivity contribution in [3.05, 3.63) is 53.5 Å². The smallest absolute Gasteiger partial charge is 0.251 e. The Labute approximate surface area is 124 Å². The molecule has 0 saturated carbocycles. The monoisotopic (exact) mass is 284 g/mol. The highest BCUT2D eigenvalue weighted by atomic mass is 16.1. The van der Waals surface area contributed by atoms with Gasteiger partial charge in [0.15, 0.2) is 0 Å². The van der Waals surface area contributed by atoms with E-state index in [2.05, 4.69) is 20.6 Å². The summed E-state index contributed by atoms with van der Waals surface area (Å²) < 4.78 is 0. The second-order valence-electron chi connectivity index (χ2n) is 4.66. The van der Waals surface area contributed by atoms with E-state index in [-0.39, 0.29) is 5.91 Å². The fourth-order valence-electron chi connectivity index (χ4n) is 1.96. The third kappa shape index (κ3) is 4.27. The van der Waals surface area contributed by atoms with Crippen molar-refractivity contribution in [2.75, 3.05) is 11.9 Å². The zero-order valence-electron chi connectivity index (χ0n) is 12.4. The third-order valence-corrected chi connectivity index (χ3v) is 3.04. The number of pyridine rings is 2. The number of carbonyl (C=O) groups is 1. The number of hydrogen-bond acceptors (Lipinski definition) is 4. The minimum Gasteiger partial charge on any atom is -0.370 e. The number of anilines is 1. The molecule has 0 unspecified atom stereocenters. The molecule has 0 atom stereocenters. The average Bonchev–Trinajstić information content (AvgIpc) is 2.53. The van der Waals surface area contributed by atoms with Crippen molar-refractivity contribution in [1.29, 1.82) is 0 Å². The van der Waals surface area contributed by atoms with Crippen LogP contribution in [0.2, 0.25) is 0 Å². The van der Waals surface area contributed by atoms with Gasteiger partial charge in [0.1, 0.15) is 5.82 Å². The van der Waals surface area contributed by atoms with Crippen LogP contribution < -0.4 is 10.6 Å². The highest BCUT2D eigenvalue weighted by Crippen LogP contribution is 2.11. The lowest BCUT2D eigenvalue weighted by Gasteiger charge is -2.09. The van der Waals surface area contributed by atoms with Crippen molar-refractivity contribution in [2.45, 2.75) is 26.8 Å². The van der Waals surface area contributed by atoms with E-state index < -0.39 is 0 Å². The van der Waals surface area contributed by atoms with Gasteiger partial charge in [-0.15, -0.1) is 0 Å². The molecule has 0 fully saturated rings. The molecule has 0 aliphatic heterocycles. The van der Waals surface area contributed by atoms with E-state index in [0.29, 0.717) is 12.1 Å². The van der Waals surface area contributed by atoms with Crippen LogP contribution >= 0.6 is 0 Å². The van der Waals surface area contributed by atoms with Gasteiger partial charge >= 0.3 is 0 Å². The molecule has 2 rings (SSSR count). The van der Waals surface area contributed by atoms with Crippen molar-refractivity contribution < 1.29 is 4.79 Å². The molecule has 2 N–H and O–H groups in total. The summed E-state index contributed by atoms with van der Waals surface area (Å²) in [5.74, 6) is 0.637. The van der Waals surface area contributed by atoms with Crippen LogP contribution in [0, 0.1) is 0 Å². The quantitative estimate of drug-likeness (QED) is 0.855. The SMILES string of the molecule is CCNc1cc(C(=O)NCc2cccnc2)cc(CC)n1. The predicted octanol–water partition coefficient (Wildman–Crippen LogP) is 2.40. The van der Waals surface area contributed by atoms with Crippen LogP contribution in [0.1, 0.15) is 35.5 Å². The van der Waals surface area contributed by atoms with E-state index in [4.69, 9.17) is 0 Å². The van der Waals surface area contributed by atoms with Crippen LogP contribution in [-0.4, -0.2) is 22.4 Å². The largest absolute Gasteiger partial charge is 0.370 e. The molecule has 1 amide bonds. The molecule has 2 aromatic heterocycles. The molecule has 0 bridgehead atoms. The Morgan fingerprint density at radius 2 is 2.14 bits per heavy atom. The van der Waals surface area contributed by atoms with Gasteiger partial charge in [0.25, 0.3) is 5.91 Å². The van der Waals surface area contributed by atoms with Gasteiger partial charge in [-0.25, -0.2) is 4.98 Å². The number of aromatic nitrogens is 2. The maximum Gasteiger partial charge on any atom is 0.251 e. The first kappa shape index (κ1) is 15.0. The van der Waals surface area contributed by atoms with E-state index in [1.54, 1.807) is 18.5 Å². The minimum atomic E-state index is -0.102. The second kappa shape index (κ2) is 7.38. The number of amides is 1. The van der Waals surface area contributed by atoms with E-state index in [9.17, 15) is 4.79 Å². The van der Waals surface area contributed by atoms with Gasteiger partial charge in [-0.2, -0.15) is 0 Å². The van der Waals surface area contributed by atoms with Crippen molar-refractivity contribution >= 4 is 11.7 Å². The molecular weight excluding hydrogens is 264 g/mol.